The van der Waals surface area contributed by atoms with E-state index < -0.39 is 24.9 Å². The summed E-state index contributed by atoms with van der Waals surface area (Å²) in [4.78, 5) is 17.8. The number of benzene rings is 1. The highest BCUT2D eigenvalue weighted by Crippen LogP contribution is 2.40. The number of alkyl halides is 2. The van der Waals surface area contributed by atoms with Crippen LogP contribution in [0.4, 0.5) is 8.78 Å². The first kappa shape index (κ1) is 17.5. The SMILES string of the molecule is COCc1noc([C@@H]2CC(F)(F)CN2C(=O)Cc2cccc(C)c2)n1. The third-order valence-corrected chi connectivity index (χ3v) is 4.07. The molecule has 0 spiro atoms. The summed E-state index contributed by atoms with van der Waals surface area (Å²) >= 11 is 0. The second kappa shape index (κ2) is 6.87. The van der Waals surface area contributed by atoms with Gasteiger partial charge in [-0.05, 0) is 12.5 Å². The van der Waals surface area contributed by atoms with Crippen LogP contribution >= 0.6 is 0 Å². The molecular formula is C17H19F2N3O3. The largest absolute Gasteiger partial charge is 0.377 e. The fourth-order valence-corrected chi connectivity index (χ4v) is 2.99. The van der Waals surface area contributed by atoms with Gasteiger partial charge in [-0.2, -0.15) is 4.98 Å². The molecule has 1 aliphatic heterocycles. The second-order valence-corrected chi connectivity index (χ2v) is 6.25. The van der Waals surface area contributed by atoms with Gasteiger partial charge < -0.3 is 14.2 Å². The number of hydrogen-bond acceptors (Lipinski definition) is 5. The zero-order valence-corrected chi connectivity index (χ0v) is 14.0. The Labute approximate surface area is 143 Å². The lowest BCUT2D eigenvalue weighted by atomic mass is 10.1. The molecule has 2 heterocycles. The van der Waals surface area contributed by atoms with E-state index >= 15 is 0 Å². The van der Waals surface area contributed by atoms with Crippen molar-refractivity contribution in [2.75, 3.05) is 13.7 Å². The number of halogens is 2. The number of aryl methyl sites for hydroxylation is 1. The van der Waals surface area contributed by atoms with E-state index in [2.05, 4.69) is 10.1 Å². The maximum absolute atomic E-state index is 13.9. The summed E-state index contributed by atoms with van der Waals surface area (Å²) in [6.07, 6.45) is -0.478. The Balaban J connectivity index is 1.80. The normalized spacial score (nSPS) is 19.4. The van der Waals surface area contributed by atoms with E-state index in [0.717, 1.165) is 16.0 Å². The average Bonchev–Trinajstić information content (AvgIpc) is 3.11. The van der Waals surface area contributed by atoms with Gasteiger partial charge in [0.25, 0.3) is 5.92 Å². The molecule has 6 nitrogen and oxygen atoms in total. The van der Waals surface area contributed by atoms with Gasteiger partial charge in [0.2, 0.25) is 11.8 Å². The minimum absolute atomic E-state index is 0.0156. The van der Waals surface area contributed by atoms with Crippen LogP contribution < -0.4 is 0 Å². The van der Waals surface area contributed by atoms with Gasteiger partial charge in [0, 0.05) is 13.5 Å². The molecule has 134 valence electrons. The maximum atomic E-state index is 13.9. The van der Waals surface area contributed by atoms with E-state index in [4.69, 9.17) is 9.26 Å². The molecule has 1 aliphatic rings. The van der Waals surface area contributed by atoms with Gasteiger partial charge in [-0.3, -0.25) is 4.79 Å². The summed E-state index contributed by atoms with van der Waals surface area (Å²) in [6, 6.07) is 6.49. The minimum Gasteiger partial charge on any atom is -0.377 e. The number of rotatable bonds is 5. The minimum atomic E-state index is -2.98. The van der Waals surface area contributed by atoms with Crippen LogP contribution in [-0.4, -0.2) is 40.5 Å². The van der Waals surface area contributed by atoms with Crippen molar-refractivity contribution in [3.05, 3.63) is 47.1 Å². The molecule has 0 unspecified atom stereocenters. The third-order valence-electron chi connectivity index (χ3n) is 4.07. The first-order valence-electron chi connectivity index (χ1n) is 7.92. The molecule has 25 heavy (non-hydrogen) atoms. The molecule has 2 aromatic rings. The zero-order valence-electron chi connectivity index (χ0n) is 14.0. The molecule has 1 fully saturated rings. The van der Waals surface area contributed by atoms with Crippen molar-refractivity contribution in [2.24, 2.45) is 0 Å². The number of aromatic nitrogens is 2. The Morgan fingerprint density at radius 1 is 1.48 bits per heavy atom. The van der Waals surface area contributed by atoms with Gasteiger partial charge in [0.1, 0.15) is 12.6 Å². The van der Waals surface area contributed by atoms with Crippen LogP contribution in [0.2, 0.25) is 0 Å². The lowest BCUT2D eigenvalue weighted by molar-refractivity contribution is -0.133. The van der Waals surface area contributed by atoms with Crippen LogP contribution in [0.1, 0.15) is 35.3 Å². The number of nitrogens with zero attached hydrogens (tertiary/aromatic N) is 3. The highest BCUT2D eigenvalue weighted by atomic mass is 19.3. The van der Waals surface area contributed by atoms with E-state index in [9.17, 15) is 13.6 Å². The fourth-order valence-electron chi connectivity index (χ4n) is 2.99. The number of likely N-dealkylation sites (tertiary alicyclic amines) is 1. The standard InChI is InChI=1S/C17H19F2N3O3/c1-11-4-3-5-12(6-11)7-15(23)22-10-17(18,19)8-13(22)16-20-14(9-24-2)21-25-16/h3-6,13H,7-10H2,1-2H3/t13-/m0/s1. The fraction of sp³-hybridized carbons (Fsp3) is 0.471. The molecule has 1 aromatic heterocycles. The molecule has 1 amide bonds. The Hall–Kier alpha value is -2.35. The van der Waals surface area contributed by atoms with Gasteiger partial charge in [-0.25, -0.2) is 8.78 Å². The summed E-state index contributed by atoms with van der Waals surface area (Å²) < 4.78 is 37.9. The molecule has 3 rings (SSSR count). The molecule has 1 saturated heterocycles. The van der Waals surface area contributed by atoms with Crippen molar-refractivity contribution in [1.29, 1.82) is 0 Å². The van der Waals surface area contributed by atoms with Crippen molar-refractivity contribution in [2.45, 2.75) is 38.3 Å². The Morgan fingerprint density at radius 3 is 3.00 bits per heavy atom. The monoisotopic (exact) mass is 351 g/mol. The highest BCUT2D eigenvalue weighted by Gasteiger charge is 2.49. The van der Waals surface area contributed by atoms with Crippen LogP contribution in [0.15, 0.2) is 28.8 Å². The predicted octanol–water partition coefficient (Wildman–Crippen LogP) is 2.68. The van der Waals surface area contributed by atoms with Crippen molar-refractivity contribution < 1.29 is 22.8 Å². The van der Waals surface area contributed by atoms with E-state index in [-0.39, 0.29) is 30.7 Å². The summed E-state index contributed by atoms with van der Waals surface area (Å²) in [5.41, 5.74) is 1.79. The van der Waals surface area contributed by atoms with Crippen molar-refractivity contribution in [1.82, 2.24) is 15.0 Å². The smallest absolute Gasteiger partial charge is 0.267 e. The highest BCUT2D eigenvalue weighted by molar-refractivity contribution is 5.79. The molecule has 0 aliphatic carbocycles. The molecule has 0 radical (unpaired) electrons. The first-order valence-corrected chi connectivity index (χ1v) is 7.92. The Morgan fingerprint density at radius 2 is 2.28 bits per heavy atom. The second-order valence-electron chi connectivity index (χ2n) is 6.25. The van der Waals surface area contributed by atoms with Crippen LogP contribution in [0.25, 0.3) is 0 Å². The molecule has 0 saturated carbocycles. The first-order chi connectivity index (χ1) is 11.9. The number of ether oxygens (including phenoxy) is 1. The molecule has 1 aromatic carbocycles. The molecule has 0 bridgehead atoms. The summed E-state index contributed by atoms with van der Waals surface area (Å²) in [7, 11) is 1.47. The molecule has 8 heteroatoms. The lowest BCUT2D eigenvalue weighted by Gasteiger charge is -2.21. The van der Waals surface area contributed by atoms with Gasteiger partial charge in [0.05, 0.1) is 13.0 Å². The number of methoxy groups -OCH3 is 1. The van der Waals surface area contributed by atoms with Crippen LogP contribution in [0.5, 0.6) is 0 Å². The van der Waals surface area contributed by atoms with Crippen molar-refractivity contribution in [3.63, 3.8) is 0 Å². The van der Waals surface area contributed by atoms with Crippen molar-refractivity contribution >= 4 is 5.91 Å². The van der Waals surface area contributed by atoms with Gasteiger partial charge in [-0.1, -0.05) is 35.0 Å². The zero-order chi connectivity index (χ0) is 18.0. The summed E-state index contributed by atoms with van der Waals surface area (Å²) in [5.74, 6) is -3.09. The van der Waals surface area contributed by atoms with Gasteiger partial charge in [0.15, 0.2) is 5.82 Å². The summed E-state index contributed by atoms with van der Waals surface area (Å²) in [5, 5.41) is 3.69. The molecular weight excluding hydrogens is 332 g/mol. The Kier molecular flexibility index (Phi) is 4.80. The average molecular weight is 351 g/mol. The quantitative estimate of drug-likeness (QED) is 0.828. The van der Waals surface area contributed by atoms with E-state index in [1.165, 1.54) is 7.11 Å². The number of amides is 1. The lowest BCUT2D eigenvalue weighted by Crippen LogP contribution is -2.34. The van der Waals surface area contributed by atoms with Gasteiger partial charge >= 0.3 is 0 Å². The van der Waals surface area contributed by atoms with Gasteiger partial charge in [-0.15, -0.1) is 0 Å². The van der Waals surface area contributed by atoms with Crippen molar-refractivity contribution in [3.8, 4) is 0 Å². The number of hydrogen-bond donors (Lipinski definition) is 0. The predicted molar refractivity (Wildman–Crippen MR) is 83.9 cm³/mol. The van der Waals surface area contributed by atoms with E-state index in [0.29, 0.717) is 0 Å². The maximum Gasteiger partial charge on any atom is 0.267 e. The van der Waals surface area contributed by atoms with Crippen LogP contribution in [0, 0.1) is 6.92 Å². The van der Waals surface area contributed by atoms with E-state index in [1.807, 2.05) is 25.1 Å². The Bertz CT molecular complexity index is 763. The number of carbonyl (C=O) groups excluding carboxylic acids is 1. The number of carbonyl (C=O) groups is 1. The van der Waals surface area contributed by atoms with Crippen LogP contribution in [0.3, 0.4) is 0 Å². The summed E-state index contributed by atoms with van der Waals surface area (Å²) in [6.45, 7) is 1.38. The third kappa shape index (κ3) is 4.01. The topological polar surface area (TPSA) is 68.5 Å². The molecule has 0 N–H and O–H groups in total. The van der Waals surface area contributed by atoms with E-state index in [1.54, 1.807) is 6.07 Å². The molecule has 1 atom stereocenters. The van der Waals surface area contributed by atoms with Crippen LogP contribution in [-0.2, 0) is 22.6 Å².